The van der Waals surface area contributed by atoms with Gasteiger partial charge in [0.1, 0.15) is 0 Å². The third-order valence-corrected chi connectivity index (χ3v) is 3.05. The van der Waals surface area contributed by atoms with E-state index in [-0.39, 0.29) is 0 Å². The normalized spacial score (nSPS) is 13.5. The van der Waals surface area contributed by atoms with E-state index in [2.05, 4.69) is 0 Å². The zero-order valence-electron chi connectivity index (χ0n) is 8.67. The zero-order valence-corrected chi connectivity index (χ0v) is 8.67. The summed E-state index contributed by atoms with van der Waals surface area (Å²) in [6.45, 7) is 10.0. The van der Waals surface area contributed by atoms with Crippen LogP contribution in [-0.4, -0.2) is 40.2 Å². The molecule has 0 aromatic heterocycles. The van der Waals surface area contributed by atoms with Crippen LogP contribution in [0.4, 0.5) is 0 Å². The van der Waals surface area contributed by atoms with Crippen LogP contribution in [0.2, 0.25) is 0 Å². The maximum Gasteiger partial charge on any atom is 0.313 e. The van der Waals surface area contributed by atoms with Crippen LogP contribution in [0.5, 0.6) is 0 Å². The number of rotatable bonds is 5. The molecule has 3 heteroatoms. The van der Waals surface area contributed by atoms with Gasteiger partial charge in [0.25, 0.3) is 0 Å². The van der Waals surface area contributed by atoms with Gasteiger partial charge in [0.2, 0.25) is 0 Å². The number of aliphatic hydroxyl groups is 2. The number of quaternary nitrogens is 1. The molecule has 0 aliphatic heterocycles. The summed E-state index contributed by atoms with van der Waals surface area (Å²) in [5.74, 6) is -1.56. The van der Waals surface area contributed by atoms with Crippen molar-refractivity contribution in [3.63, 3.8) is 0 Å². The summed E-state index contributed by atoms with van der Waals surface area (Å²) < 4.78 is 0.365. The Morgan fingerprint density at radius 3 is 1.33 bits per heavy atom. The van der Waals surface area contributed by atoms with Crippen molar-refractivity contribution in [2.45, 2.75) is 40.0 Å². The topological polar surface area (TPSA) is 40.5 Å². The van der Waals surface area contributed by atoms with Crippen LogP contribution in [0.1, 0.15) is 34.1 Å². The molecule has 0 amide bonds. The average molecular weight is 176 g/mol. The van der Waals surface area contributed by atoms with E-state index < -0.39 is 5.91 Å². The highest BCUT2D eigenvalue weighted by Crippen LogP contribution is 2.22. The Bertz CT molecular complexity index is 122. The van der Waals surface area contributed by atoms with Gasteiger partial charge in [0, 0.05) is 0 Å². The Labute approximate surface area is 75.2 Å². The summed E-state index contributed by atoms with van der Waals surface area (Å²) in [5.41, 5.74) is 0. The van der Waals surface area contributed by atoms with Gasteiger partial charge in [0.05, 0.1) is 26.1 Å². The van der Waals surface area contributed by atoms with E-state index in [0.717, 1.165) is 19.6 Å². The Kier molecular flexibility index (Phi) is 4.17. The van der Waals surface area contributed by atoms with Crippen LogP contribution in [0.25, 0.3) is 0 Å². The van der Waals surface area contributed by atoms with Crippen molar-refractivity contribution >= 4 is 0 Å². The summed E-state index contributed by atoms with van der Waals surface area (Å²) in [6, 6.07) is 0. The van der Waals surface area contributed by atoms with Gasteiger partial charge in [-0.1, -0.05) is 6.92 Å². The van der Waals surface area contributed by atoms with Gasteiger partial charge in [-0.05, 0) is 20.8 Å². The van der Waals surface area contributed by atoms with Gasteiger partial charge in [0.15, 0.2) is 0 Å². The molecule has 0 rings (SSSR count). The minimum atomic E-state index is -1.56. The molecule has 0 bridgehead atoms. The molecule has 12 heavy (non-hydrogen) atoms. The lowest BCUT2D eigenvalue weighted by Gasteiger charge is -2.44. The molecule has 0 fully saturated rings. The van der Waals surface area contributed by atoms with E-state index in [1.165, 1.54) is 0 Å². The molecule has 3 nitrogen and oxygen atoms in total. The molecule has 74 valence electrons. The molecule has 0 saturated heterocycles. The number of hydrogen-bond donors (Lipinski definition) is 2. The molecule has 0 heterocycles. The van der Waals surface area contributed by atoms with Crippen LogP contribution in [0, 0.1) is 0 Å². The summed E-state index contributed by atoms with van der Waals surface area (Å²) in [7, 11) is 0. The van der Waals surface area contributed by atoms with Crippen molar-refractivity contribution in [2.24, 2.45) is 0 Å². The molecule has 0 radical (unpaired) electrons. The van der Waals surface area contributed by atoms with Gasteiger partial charge < -0.3 is 10.2 Å². The highest BCUT2D eigenvalue weighted by Gasteiger charge is 2.43. The van der Waals surface area contributed by atoms with Crippen LogP contribution in [0.15, 0.2) is 0 Å². The van der Waals surface area contributed by atoms with E-state index in [1.807, 2.05) is 20.8 Å². The first kappa shape index (κ1) is 11.9. The first-order valence-corrected chi connectivity index (χ1v) is 4.80. The van der Waals surface area contributed by atoms with Crippen molar-refractivity contribution in [3.8, 4) is 0 Å². The molecule has 2 N–H and O–H groups in total. The quantitative estimate of drug-likeness (QED) is 0.483. The summed E-state index contributed by atoms with van der Waals surface area (Å²) in [4.78, 5) is 0. The predicted octanol–water partition coefficient (Wildman–Crippen LogP) is 0.911. The molecule has 0 saturated carbocycles. The molecule has 0 aliphatic rings. The second kappa shape index (κ2) is 4.21. The number of hydrogen-bond acceptors (Lipinski definition) is 2. The van der Waals surface area contributed by atoms with Crippen LogP contribution in [-0.2, 0) is 0 Å². The summed E-state index contributed by atoms with van der Waals surface area (Å²) in [5, 5.41) is 19.5. The van der Waals surface area contributed by atoms with Crippen LogP contribution >= 0.6 is 0 Å². The Morgan fingerprint density at radius 1 is 0.917 bits per heavy atom. The fraction of sp³-hybridized carbons (Fsp3) is 1.00. The highest BCUT2D eigenvalue weighted by molar-refractivity contribution is 4.50. The van der Waals surface area contributed by atoms with Crippen molar-refractivity contribution in [1.82, 2.24) is 0 Å². The molecular formula is C9H22NO2+. The monoisotopic (exact) mass is 176 g/mol. The molecule has 0 unspecified atom stereocenters. The molecule has 0 aliphatic carbocycles. The van der Waals surface area contributed by atoms with Crippen LogP contribution < -0.4 is 0 Å². The van der Waals surface area contributed by atoms with Gasteiger partial charge in [-0.25, -0.2) is 0 Å². The minimum absolute atomic E-state index is 0.365. The predicted molar refractivity (Wildman–Crippen MR) is 49.3 cm³/mol. The maximum absolute atomic E-state index is 9.76. The van der Waals surface area contributed by atoms with Crippen molar-refractivity contribution in [3.05, 3.63) is 0 Å². The third-order valence-electron chi connectivity index (χ3n) is 3.05. The lowest BCUT2D eigenvalue weighted by atomic mass is 10.2. The van der Waals surface area contributed by atoms with Gasteiger partial charge in [-0.2, -0.15) is 0 Å². The molecule has 0 aromatic carbocycles. The van der Waals surface area contributed by atoms with Crippen LogP contribution in [0.3, 0.4) is 0 Å². The lowest BCUT2D eigenvalue weighted by Crippen LogP contribution is -2.64. The van der Waals surface area contributed by atoms with Gasteiger partial charge in [-0.3, -0.25) is 4.48 Å². The fourth-order valence-corrected chi connectivity index (χ4v) is 1.77. The van der Waals surface area contributed by atoms with E-state index in [0.29, 0.717) is 10.9 Å². The molecule has 0 atom stereocenters. The van der Waals surface area contributed by atoms with E-state index in [9.17, 15) is 10.2 Å². The fourth-order valence-electron chi connectivity index (χ4n) is 1.77. The van der Waals surface area contributed by atoms with Gasteiger partial charge in [-0.15, -0.1) is 0 Å². The second-order valence-electron chi connectivity index (χ2n) is 3.22. The zero-order chi connectivity index (χ0) is 9.83. The van der Waals surface area contributed by atoms with E-state index >= 15 is 0 Å². The minimum Gasteiger partial charge on any atom is -0.319 e. The third kappa shape index (κ3) is 1.79. The molecule has 0 aromatic rings. The second-order valence-corrected chi connectivity index (χ2v) is 3.22. The van der Waals surface area contributed by atoms with Crippen molar-refractivity contribution in [1.29, 1.82) is 0 Å². The van der Waals surface area contributed by atoms with E-state index in [1.54, 1.807) is 6.92 Å². The Morgan fingerprint density at radius 2 is 1.25 bits per heavy atom. The van der Waals surface area contributed by atoms with Crippen molar-refractivity contribution < 1.29 is 14.7 Å². The first-order valence-electron chi connectivity index (χ1n) is 4.80. The first-order chi connectivity index (χ1) is 5.49. The number of nitrogens with zero attached hydrogens (tertiary/aromatic N) is 1. The summed E-state index contributed by atoms with van der Waals surface area (Å²) >= 11 is 0. The average Bonchev–Trinajstić information content (AvgIpc) is 2.08. The Balaban J connectivity index is 4.69. The van der Waals surface area contributed by atoms with Crippen molar-refractivity contribution in [2.75, 3.05) is 19.6 Å². The molecular weight excluding hydrogens is 154 g/mol. The van der Waals surface area contributed by atoms with E-state index in [4.69, 9.17) is 0 Å². The maximum atomic E-state index is 9.76. The molecule has 0 spiro atoms. The smallest absolute Gasteiger partial charge is 0.313 e. The lowest BCUT2D eigenvalue weighted by molar-refractivity contribution is -1.02. The summed E-state index contributed by atoms with van der Waals surface area (Å²) in [6.07, 6.45) is 0.377. The SMILES string of the molecule is CCC(O)(O)[N+](CC)(CC)CC. The highest BCUT2D eigenvalue weighted by atomic mass is 16.5. The largest absolute Gasteiger partial charge is 0.319 e. The standard InChI is InChI=1S/C9H22NO2/c1-5-9(11,12)10(6-2,7-3)8-4/h11-12H,5-8H2,1-4H3/q+1. The Hall–Kier alpha value is -0.120. The van der Waals surface area contributed by atoms with Gasteiger partial charge >= 0.3 is 5.91 Å².